The molecule has 0 unspecified atom stereocenters. The number of rotatable bonds is 3. The van der Waals surface area contributed by atoms with Crippen LogP contribution >= 0.6 is 23.2 Å². The fourth-order valence-electron chi connectivity index (χ4n) is 2.84. The van der Waals surface area contributed by atoms with E-state index in [2.05, 4.69) is 10.6 Å². The van der Waals surface area contributed by atoms with Gasteiger partial charge in [-0.2, -0.15) is 0 Å². The molecule has 3 amide bonds. The van der Waals surface area contributed by atoms with Crippen molar-refractivity contribution in [2.75, 3.05) is 10.2 Å². The van der Waals surface area contributed by atoms with Gasteiger partial charge in [-0.25, -0.2) is 4.79 Å². The summed E-state index contributed by atoms with van der Waals surface area (Å²) in [5, 5.41) is 6.80. The van der Waals surface area contributed by atoms with E-state index in [-0.39, 0.29) is 17.9 Å². The zero-order chi connectivity index (χ0) is 18.0. The zero-order valence-electron chi connectivity index (χ0n) is 13.5. The number of hydrogen-bond donors (Lipinski definition) is 2. The molecule has 2 atom stereocenters. The van der Waals surface area contributed by atoms with Crippen molar-refractivity contribution in [3.05, 3.63) is 58.6 Å². The standard InChI is InChI=1S/C18H17Cl2N3O2/c1-11-10-16(24)23(15-8-4-13(20)5-9-15)17(11)22-18(25)21-14-6-2-12(19)3-7-14/h2-9,11,17H,10H2,1H3,(H2,21,22,25)/t11-,17-/m1/s1. The van der Waals surface area contributed by atoms with Gasteiger partial charge in [0.25, 0.3) is 0 Å². The second-order valence-electron chi connectivity index (χ2n) is 5.97. The Bertz CT molecular complexity index is 778. The van der Waals surface area contributed by atoms with Gasteiger partial charge >= 0.3 is 6.03 Å². The smallest absolute Gasteiger partial charge is 0.317 e. The fourth-order valence-corrected chi connectivity index (χ4v) is 3.09. The van der Waals surface area contributed by atoms with Crippen LogP contribution in [0.1, 0.15) is 13.3 Å². The number of carbonyl (C=O) groups is 2. The van der Waals surface area contributed by atoms with Gasteiger partial charge in [0.2, 0.25) is 5.91 Å². The number of nitrogens with zero attached hydrogens (tertiary/aromatic N) is 1. The van der Waals surface area contributed by atoms with E-state index in [0.717, 1.165) is 0 Å². The molecule has 1 aliphatic heterocycles. The molecule has 1 saturated heterocycles. The molecule has 2 aromatic rings. The van der Waals surface area contributed by atoms with Crippen molar-refractivity contribution in [1.82, 2.24) is 5.32 Å². The third-order valence-corrected chi connectivity index (χ3v) is 4.57. The first-order chi connectivity index (χ1) is 11.9. The first kappa shape index (κ1) is 17.6. The first-order valence-electron chi connectivity index (χ1n) is 7.85. The molecule has 1 aliphatic rings. The molecule has 0 bridgehead atoms. The van der Waals surface area contributed by atoms with E-state index >= 15 is 0 Å². The molecule has 25 heavy (non-hydrogen) atoms. The number of hydrogen-bond acceptors (Lipinski definition) is 2. The molecule has 0 aromatic heterocycles. The third-order valence-electron chi connectivity index (χ3n) is 4.07. The average Bonchev–Trinajstić information content (AvgIpc) is 2.84. The highest BCUT2D eigenvalue weighted by atomic mass is 35.5. The largest absolute Gasteiger partial charge is 0.320 e. The average molecular weight is 378 g/mol. The summed E-state index contributed by atoms with van der Waals surface area (Å²) in [6.45, 7) is 1.93. The van der Waals surface area contributed by atoms with Crippen LogP contribution in [0, 0.1) is 5.92 Å². The van der Waals surface area contributed by atoms with Gasteiger partial charge in [-0.1, -0.05) is 30.1 Å². The minimum atomic E-state index is -0.430. The van der Waals surface area contributed by atoms with Crippen LogP contribution in [0.15, 0.2) is 48.5 Å². The molecule has 5 nitrogen and oxygen atoms in total. The number of anilines is 2. The van der Waals surface area contributed by atoms with Gasteiger partial charge < -0.3 is 10.6 Å². The van der Waals surface area contributed by atoms with Crippen molar-refractivity contribution in [3.8, 4) is 0 Å². The predicted molar refractivity (Wildman–Crippen MR) is 100 cm³/mol. The van der Waals surface area contributed by atoms with Crippen LogP contribution in [0.2, 0.25) is 10.0 Å². The minimum Gasteiger partial charge on any atom is -0.317 e. The summed E-state index contributed by atoms with van der Waals surface area (Å²) in [6.07, 6.45) is -0.0601. The molecular formula is C18H17Cl2N3O2. The van der Waals surface area contributed by atoms with Gasteiger partial charge in [0, 0.05) is 33.8 Å². The van der Waals surface area contributed by atoms with Crippen molar-refractivity contribution in [2.24, 2.45) is 5.92 Å². The molecule has 0 radical (unpaired) electrons. The van der Waals surface area contributed by atoms with Crippen molar-refractivity contribution in [1.29, 1.82) is 0 Å². The summed E-state index contributed by atoms with van der Waals surface area (Å²) in [5.74, 6) is -0.0502. The van der Waals surface area contributed by atoms with Crippen LogP contribution < -0.4 is 15.5 Å². The topological polar surface area (TPSA) is 61.4 Å². The Balaban J connectivity index is 1.74. The molecule has 3 rings (SSSR count). The predicted octanol–water partition coefficient (Wildman–Crippen LogP) is 4.51. The van der Waals surface area contributed by atoms with Crippen molar-refractivity contribution in [2.45, 2.75) is 19.5 Å². The summed E-state index contributed by atoms with van der Waals surface area (Å²) in [6, 6.07) is 13.4. The molecule has 130 valence electrons. The van der Waals surface area contributed by atoms with Crippen molar-refractivity contribution < 1.29 is 9.59 Å². The molecule has 0 saturated carbocycles. The second-order valence-corrected chi connectivity index (χ2v) is 6.84. The normalized spacial score (nSPS) is 19.8. The fraction of sp³-hybridized carbons (Fsp3) is 0.222. The van der Waals surface area contributed by atoms with Crippen LogP contribution in [0.3, 0.4) is 0 Å². The highest BCUT2D eigenvalue weighted by Crippen LogP contribution is 2.30. The second kappa shape index (κ2) is 7.33. The Morgan fingerprint density at radius 3 is 2.20 bits per heavy atom. The molecule has 1 fully saturated rings. The Morgan fingerprint density at radius 2 is 1.60 bits per heavy atom. The van der Waals surface area contributed by atoms with Gasteiger partial charge in [0.1, 0.15) is 6.17 Å². The lowest BCUT2D eigenvalue weighted by Crippen LogP contribution is -2.49. The SMILES string of the molecule is C[C@@H]1CC(=O)N(c2ccc(Cl)cc2)[C@H]1NC(=O)Nc1ccc(Cl)cc1. The monoisotopic (exact) mass is 377 g/mol. The summed E-state index contributed by atoms with van der Waals surface area (Å²) >= 11 is 11.7. The van der Waals surface area contributed by atoms with E-state index in [1.165, 1.54) is 0 Å². The molecule has 2 aromatic carbocycles. The summed E-state index contributed by atoms with van der Waals surface area (Å²) < 4.78 is 0. The Morgan fingerprint density at radius 1 is 1.04 bits per heavy atom. The Kier molecular flexibility index (Phi) is 5.16. The number of urea groups is 1. The number of nitrogens with one attached hydrogen (secondary N) is 2. The van der Waals surface area contributed by atoms with E-state index in [1.54, 1.807) is 53.4 Å². The van der Waals surface area contributed by atoms with Gasteiger partial charge in [-0.3, -0.25) is 9.69 Å². The van der Waals surface area contributed by atoms with Gasteiger partial charge in [0.05, 0.1) is 0 Å². The summed E-state index contributed by atoms with van der Waals surface area (Å²) in [4.78, 5) is 26.3. The lowest BCUT2D eigenvalue weighted by Gasteiger charge is -2.28. The maximum Gasteiger partial charge on any atom is 0.320 e. The zero-order valence-corrected chi connectivity index (χ0v) is 15.0. The highest BCUT2D eigenvalue weighted by molar-refractivity contribution is 6.31. The summed E-state index contributed by atoms with van der Waals surface area (Å²) in [5.41, 5.74) is 1.33. The molecule has 0 spiro atoms. The van der Waals surface area contributed by atoms with Gasteiger partial charge in [0.15, 0.2) is 0 Å². The molecular weight excluding hydrogens is 361 g/mol. The van der Waals surface area contributed by atoms with Crippen LogP contribution in [-0.2, 0) is 4.79 Å². The molecule has 7 heteroatoms. The van der Waals surface area contributed by atoms with E-state index in [1.807, 2.05) is 6.92 Å². The maximum absolute atomic E-state index is 12.4. The van der Waals surface area contributed by atoms with Crippen LogP contribution in [-0.4, -0.2) is 18.1 Å². The maximum atomic E-state index is 12.4. The quantitative estimate of drug-likeness (QED) is 0.825. The first-order valence-corrected chi connectivity index (χ1v) is 8.60. The van der Waals surface area contributed by atoms with Crippen molar-refractivity contribution >= 4 is 46.5 Å². The number of benzene rings is 2. The van der Waals surface area contributed by atoms with E-state index < -0.39 is 6.17 Å². The number of halogens is 2. The Hall–Kier alpha value is -2.24. The van der Waals surface area contributed by atoms with Gasteiger partial charge in [-0.15, -0.1) is 0 Å². The van der Waals surface area contributed by atoms with E-state index in [0.29, 0.717) is 27.8 Å². The van der Waals surface area contributed by atoms with E-state index in [9.17, 15) is 9.59 Å². The highest BCUT2D eigenvalue weighted by Gasteiger charge is 2.39. The van der Waals surface area contributed by atoms with E-state index in [4.69, 9.17) is 23.2 Å². The molecule has 1 heterocycles. The van der Waals surface area contributed by atoms with Gasteiger partial charge in [-0.05, 0) is 48.5 Å². The lowest BCUT2D eigenvalue weighted by atomic mass is 10.1. The Labute approximate surface area is 155 Å². The van der Waals surface area contributed by atoms with Crippen molar-refractivity contribution in [3.63, 3.8) is 0 Å². The minimum absolute atomic E-state index is 0.0147. The molecule has 0 aliphatic carbocycles. The summed E-state index contributed by atoms with van der Waals surface area (Å²) in [7, 11) is 0. The van der Waals surface area contributed by atoms with Crippen LogP contribution in [0.5, 0.6) is 0 Å². The number of carbonyl (C=O) groups excluding carboxylic acids is 2. The van der Waals surface area contributed by atoms with Crippen LogP contribution in [0.25, 0.3) is 0 Å². The number of amides is 3. The lowest BCUT2D eigenvalue weighted by molar-refractivity contribution is -0.117. The molecule has 2 N–H and O–H groups in total. The van der Waals surface area contributed by atoms with Crippen LogP contribution in [0.4, 0.5) is 16.2 Å². The third kappa shape index (κ3) is 4.06.